The summed E-state index contributed by atoms with van der Waals surface area (Å²) in [7, 11) is 15.9. The lowest BCUT2D eigenvalue weighted by molar-refractivity contribution is -0.134. The van der Waals surface area contributed by atoms with Crippen LogP contribution >= 0.6 is 73.3 Å². The van der Waals surface area contributed by atoms with E-state index in [1.165, 1.54) is 58.5 Å². The molecule has 0 radical (unpaired) electrons. The van der Waals surface area contributed by atoms with Gasteiger partial charge in [-0.2, -0.15) is 0 Å². The Hall–Kier alpha value is -7.76. The molecule has 0 aromatic heterocycles. The van der Waals surface area contributed by atoms with Crippen LogP contribution in [-0.4, -0.2) is 166 Å². The average Bonchev–Trinajstić information content (AvgIpc) is 3.79. The van der Waals surface area contributed by atoms with Crippen molar-refractivity contribution < 1.29 is 47.7 Å². The van der Waals surface area contributed by atoms with Gasteiger partial charge >= 0.3 is 0 Å². The second-order valence-electron chi connectivity index (χ2n) is 19.9. The summed E-state index contributed by atoms with van der Waals surface area (Å²) in [6, 6.07) is 28.8. The molecular formula is C57H72N12O10S6. The summed E-state index contributed by atoms with van der Waals surface area (Å²) in [5.74, 6) is -0.722. The second-order valence-corrected chi connectivity index (χ2v) is 22.2. The molecule has 0 aliphatic heterocycles. The monoisotopic (exact) mass is 1280 g/mol. The Morgan fingerprint density at radius 2 is 0.647 bits per heavy atom. The Kier molecular flexibility index (Phi) is 26.7. The van der Waals surface area contributed by atoms with E-state index in [9.17, 15) is 28.8 Å². The number of rotatable bonds is 16. The van der Waals surface area contributed by atoms with E-state index < -0.39 is 41.9 Å². The molecule has 6 N–H and O–H groups in total. The van der Waals surface area contributed by atoms with Crippen molar-refractivity contribution in [2.75, 3.05) is 70.7 Å². The summed E-state index contributed by atoms with van der Waals surface area (Å²) in [5.41, 5.74) is 18.3. The number of hydrazine groups is 6. The van der Waals surface area contributed by atoms with Crippen LogP contribution in [0.1, 0.15) is 81.0 Å². The largest absolute Gasteiger partial charge is 0.497 e. The van der Waals surface area contributed by atoms with Crippen LogP contribution in [0.4, 0.5) is 0 Å². The SMILES string of the molecule is CN(NC(=O)CC(=O)NN(C)C(=S)C1(C)CC1)C(=S)C1(C)CC1.CN(NC(=O)CC(=O)NN(C)C(=S)c1ccccc1)C(=S)c1ccccc1.COc1ccc(OC)c(C(=S)N(C)NC(=O)CC(=O)NN(C)C(=S)c2cc(OC)ccc2OC)c1. The molecule has 0 saturated heterocycles. The minimum Gasteiger partial charge on any atom is -0.497 e. The molecule has 2 saturated carbocycles. The molecule has 0 atom stereocenters. The lowest BCUT2D eigenvalue weighted by atomic mass is 10.1. The molecule has 85 heavy (non-hydrogen) atoms. The van der Waals surface area contributed by atoms with Crippen molar-refractivity contribution in [2.24, 2.45) is 10.8 Å². The highest BCUT2D eigenvalue weighted by Gasteiger charge is 2.44. The molecule has 0 unspecified atom stereocenters. The van der Waals surface area contributed by atoms with Crippen molar-refractivity contribution in [3.63, 3.8) is 0 Å². The van der Waals surface area contributed by atoms with Gasteiger partial charge in [-0.3, -0.25) is 91.4 Å². The average molecular weight is 1280 g/mol. The van der Waals surface area contributed by atoms with E-state index in [0.29, 0.717) is 54.1 Å². The zero-order valence-corrected chi connectivity index (χ0v) is 54.3. The number of carbonyl (C=O) groups is 6. The highest BCUT2D eigenvalue weighted by molar-refractivity contribution is 7.81. The number of methoxy groups -OCH3 is 4. The fraction of sp³-hybridized carbons (Fsp3) is 0.368. The number of benzene rings is 4. The maximum atomic E-state index is 12.5. The predicted octanol–water partition coefficient (Wildman–Crippen LogP) is 5.70. The quantitative estimate of drug-likeness (QED) is 0.0449. The first kappa shape index (κ1) is 69.7. The van der Waals surface area contributed by atoms with E-state index in [1.54, 1.807) is 78.7 Å². The fourth-order valence-corrected chi connectivity index (χ4v) is 8.86. The Labute approximate surface area is 528 Å². The number of ether oxygens (including phenoxy) is 4. The highest BCUT2D eigenvalue weighted by atomic mass is 32.1. The minimum absolute atomic E-state index is 0.00569. The van der Waals surface area contributed by atoms with Crippen molar-refractivity contribution >= 4 is 139 Å². The molecule has 4 aromatic carbocycles. The number of carbonyl (C=O) groups excluding carboxylic acids is 6. The Morgan fingerprint density at radius 3 is 0.894 bits per heavy atom. The molecule has 2 aliphatic carbocycles. The molecule has 22 nitrogen and oxygen atoms in total. The van der Waals surface area contributed by atoms with Gasteiger partial charge in [-0.05, 0) is 62.1 Å². The van der Waals surface area contributed by atoms with Crippen molar-refractivity contribution in [3.8, 4) is 23.0 Å². The van der Waals surface area contributed by atoms with Gasteiger partial charge in [0.15, 0.2) is 0 Å². The van der Waals surface area contributed by atoms with Crippen molar-refractivity contribution in [1.29, 1.82) is 0 Å². The van der Waals surface area contributed by atoms with Gasteiger partial charge in [0.25, 0.3) is 0 Å². The molecule has 456 valence electrons. The zero-order chi connectivity index (χ0) is 63.3. The van der Waals surface area contributed by atoms with Gasteiger partial charge in [-0.15, -0.1) is 0 Å². The van der Waals surface area contributed by atoms with E-state index in [0.717, 1.165) is 36.8 Å². The van der Waals surface area contributed by atoms with E-state index in [-0.39, 0.29) is 33.6 Å². The molecule has 0 spiro atoms. The number of thiocarbonyl (C=S) groups is 6. The topological polar surface area (TPSA) is 231 Å². The second kappa shape index (κ2) is 32.5. The smallest absolute Gasteiger partial charge is 0.248 e. The van der Waals surface area contributed by atoms with Gasteiger partial charge in [-0.25, -0.2) is 0 Å². The first-order chi connectivity index (χ1) is 40.1. The third kappa shape index (κ3) is 21.4. The van der Waals surface area contributed by atoms with Gasteiger partial charge in [-0.1, -0.05) is 148 Å². The van der Waals surface area contributed by atoms with Crippen LogP contribution in [0.2, 0.25) is 0 Å². The van der Waals surface area contributed by atoms with E-state index in [4.69, 9.17) is 92.3 Å². The summed E-state index contributed by atoms with van der Waals surface area (Å²) in [6.07, 6.45) is 3.05. The van der Waals surface area contributed by atoms with Crippen LogP contribution < -0.4 is 51.5 Å². The normalized spacial score (nSPS) is 12.5. The van der Waals surface area contributed by atoms with E-state index in [2.05, 4.69) is 46.4 Å². The summed E-state index contributed by atoms with van der Waals surface area (Å²) >= 11 is 32.3. The van der Waals surface area contributed by atoms with Gasteiger partial charge in [0, 0.05) is 64.2 Å². The number of hydrogen-bond acceptors (Lipinski definition) is 16. The summed E-state index contributed by atoms with van der Waals surface area (Å²) in [4.78, 5) is 75.9. The number of hydrogen-bond donors (Lipinski definition) is 6. The minimum atomic E-state index is -0.576. The summed E-state index contributed by atoms with van der Waals surface area (Å²) in [6.45, 7) is 4.14. The lowest BCUT2D eigenvalue weighted by Crippen LogP contribution is -2.49. The molecule has 4 aromatic rings. The Bertz CT molecular complexity index is 2930. The van der Waals surface area contributed by atoms with E-state index in [1.807, 2.05) is 60.7 Å². The Balaban J connectivity index is 0.000000280. The van der Waals surface area contributed by atoms with Crippen LogP contribution in [-0.2, 0) is 28.8 Å². The summed E-state index contributed by atoms with van der Waals surface area (Å²) < 4.78 is 21.1. The molecule has 28 heteroatoms. The van der Waals surface area contributed by atoms with Crippen LogP contribution in [0.25, 0.3) is 0 Å². The predicted molar refractivity (Wildman–Crippen MR) is 348 cm³/mol. The highest BCUT2D eigenvalue weighted by Crippen LogP contribution is 2.47. The molecular weight excluding hydrogens is 1210 g/mol. The van der Waals surface area contributed by atoms with Crippen LogP contribution in [0, 0.1) is 10.8 Å². The van der Waals surface area contributed by atoms with Crippen molar-refractivity contribution in [2.45, 2.75) is 58.8 Å². The van der Waals surface area contributed by atoms with Gasteiger partial charge in [0.2, 0.25) is 35.4 Å². The zero-order valence-electron chi connectivity index (χ0n) is 49.4. The molecule has 6 rings (SSSR count). The molecule has 6 amide bonds. The van der Waals surface area contributed by atoms with Crippen LogP contribution in [0.5, 0.6) is 23.0 Å². The van der Waals surface area contributed by atoms with Gasteiger partial charge < -0.3 is 18.9 Å². The molecule has 2 aliphatic rings. The maximum absolute atomic E-state index is 12.5. The first-order valence-corrected chi connectivity index (χ1v) is 28.5. The fourth-order valence-electron chi connectivity index (χ4n) is 7.59. The number of nitrogens with one attached hydrogen (secondary N) is 6. The summed E-state index contributed by atoms with van der Waals surface area (Å²) in [5, 5.41) is 8.57. The first-order valence-electron chi connectivity index (χ1n) is 26.1. The van der Waals surface area contributed by atoms with Crippen LogP contribution in [0.15, 0.2) is 97.1 Å². The van der Waals surface area contributed by atoms with Crippen LogP contribution in [0.3, 0.4) is 0 Å². The molecule has 0 heterocycles. The maximum Gasteiger partial charge on any atom is 0.248 e. The lowest BCUT2D eigenvalue weighted by Gasteiger charge is -2.26. The van der Waals surface area contributed by atoms with Gasteiger partial charge in [0.05, 0.1) is 39.6 Å². The Morgan fingerprint density at radius 1 is 0.388 bits per heavy atom. The molecule has 2 fully saturated rings. The van der Waals surface area contributed by atoms with Crippen molar-refractivity contribution in [1.82, 2.24) is 62.6 Å². The van der Waals surface area contributed by atoms with Gasteiger partial charge in [0.1, 0.15) is 72.2 Å². The third-order valence-electron chi connectivity index (χ3n) is 12.9. The van der Waals surface area contributed by atoms with Crippen molar-refractivity contribution in [3.05, 3.63) is 119 Å². The van der Waals surface area contributed by atoms with E-state index >= 15 is 0 Å². The molecule has 0 bridgehead atoms. The third-order valence-corrected chi connectivity index (χ3v) is 16.4. The number of nitrogens with zero attached hydrogens (tertiary/aromatic N) is 6. The standard InChI is InChI=1S/C23H28N4O6S2.C19H20N4O2S2.C15H24N4O2S2/c1-26(22(34)16-11-14(30-3)7-9-18(16)32-5)24-20(28)13-21(29)25-27(2)23(35)17-12-15(31-4)8-10-19(17)33-6;1-22(18(26)14-9-5-3-6-10-14)20-16(24)13-17(25)21-23(2)19(27)15-11-7-4-8-12-15;1-14(5-6-14)12(22)18(3)16-10(20)9-11(21)17-19(4)13(23)15(2)7-8-15/h7-12H,13H2,1-6H3,(H,24,28)(H,25,29);3-12H,13H2,1-2H3,(H,20,24)(H,21,25);5-9H2,1-4H3,(H,16,20)(H,17,21). The number of amides is 6.